The van der Waals surface area contributed by atoms with Gasteiger partial charge >= 0.3 is 7.82 Å². The van der Waals surface area contributed by atoms with Gasteiger partial charge in [0.1, 0.15) is 0 Å². The normalized spacial score (nSPS) is 11.9. The zero-order valence-electron chi connectivity index (χ0n) is 9.35. The molecule has 5 nitrogen and oxygen atoms in total. The van der Waals surface area contributed by atoms with E-state index in [1.165, 1.54) is 11.8 Å². The van der Waals surface area contributed by atoms with Gasteiger partial charge in [0, 0.05) is 23.3 Å². The fourth-order valence-corrected chi connectivity index (χ4v) is 2.97. The van der Waals surface area contributed by atoms with E-state index < -0.39 is 7.82 Å². The lowest BCUT2D eigenvalue weighted by Gasteiger charge is -2.16. The van der Waals surface area contributed by atoms with Crippen LogP contribution in [0.3, 0.4) is 0 Å². The molecule has 9 heteroatoms. The summed E-state index contributed by atoms with van der Waals surface area (Å²) < 4.78 is 26.9. The van der Waals surface area contributed by atoms with Crippen LogP contribution in [0.1, 0.15) is 0 Å². The maximum atomic E-state index is 11.9. The first-order valence-corrected chi connectivity index (χ1v) is 8.71. The van der Waals surface area contributed by atoms with Crippen molar-refractivity contribution >= 4 is 42.8 Å². The molecular weight excluding hydrogens is 310 g/mol. The Morgan fingerprint density at radius 2 is 1.53 bits per heavy atom. The summed E-state index contributed by atoms with van der Waals surface area (Å²) in [5.74, 6) is 1.62. The highest BCUT2D eigenvalue weighted by Crippen LogP contribution is 2.49. The van der Waals surface area contributed by atoms with Crippen molar-refractivity contribution in [2.24, 2.45) is 0 Å². The van der Waals surface area contributed by atoms with E-state index >= 15 is 0 Å². The Bertz CT molecular complexity index is 210. The number of halogens is 2. The minimum atomic E-state index is -3.55. The molecular formula is C8H17Cl2O5PS. The molecule has 0 aromatic heterocycles. The van der Waals surface area contributed by atoms with Gasteiger partial charge in [-0.25, -0.2) is 4.57 Å². The molecule has 0 aromatic carbocycles. The van der Waals surface area contributed by atoms with Crippen molar-refractivity contribution in [2.45, 2.75) is 0 Å². The molecule has 0 fully saturated rings. The maximum Gasteiger partial charge on any atom is 0.474 e. The number of aliphatic hydroxyl groups excluding tert-OH is 1. The molecule has 17 heavy (non-hydrogen) atoms. The van der Waals surface area contributed by atoms with Gasteiger partial charge in [0.25, 0.3) is 0 Å². The quantitative estimate of drug-likeness (QED) is 0.337. The Morgan fingerprint density at radius 3 is 2.00 bits per heavy atom. The molecule has 0 aliphatic carbocycles. The molecule has 0 aromatic rings. The predicted octanol–water partition coefficient (Wildman–Crippen LogP) is 2.35. The number of alkyl halides is 2. The fourth-order valence-electron chi connectivity index (χ4n) is 0.779. The van der Waals surface area contributed by atoms with Crippen LogP contribution < -0.4 is 0 Å². The van der Waals surface area contributed by atoms with Crippen LogP contribution in [0, 0.1) is 0 Å². The van der Waals surface area contributed by atoms with Gasteiger partial charge in [-0.2, -0.15) is 11.8 Å². The van der Waals surface area contributed by atoms with Crippen LogP contribution in [0.15, 0.2) is 0 Å². The molecule has 0 radical (unpaired) electrons. The van der Waals surface area contributed by atoms with E-state index in [9.17, 15) is 4.57 Å². The molecule has 0 bridgehead atoms. The smallest absolute Gasteiger partial charge is 0.396 e. The average molecular weight is 327 g/mol. The molecule has 0 amide bonds. The molecule has 0 aliphatic rings. The second-order valence-electron chi connectivity index (χ2n) is 2.66. The third-order valence-corrected chi connectivity index (χ3v) is 4.10. The number of thioether (sulfide) groups is 1. The van der Waals surface area contributed by atoms with Crippen molar-refractivity contribution < 1.29 is 23.2 Å². The summed E-state index contributed by atoms with van der Waals surface area (Å²) in [6.45, 7) is 0.496. The number of hydrogen-bond donors (Lipinski definition) is 1. The van der Waals surface area contributed by atoms with Gasteiger partial charge in [0.15, 0.2) is 0 Å². The number of aliphatic hydroxyl groups is 1. The van der Waals surface area contributed by atoms with Crippen molar-refractivity contribution in [3.63, 3.8) is 0 Å². The standard InChI is InChI=1S/C8H17Cl2O5PS/c9-1-4-13-16(12,14-5-2-10)15-6-8-17-7-3-11/h11H,1-8H2. The molecule has 104 valence electrons. The number of hydrogen-bond acceptors (Lipinski definition) is 6. The number of phosphoric ester groups is 1. The Hall–Kier alpha value is 1.00. The summed E-state index contributed by atoms with van der Waals surface area (Å²) >= 11 is 12.3. The molecule has 1 N–H and O–H groups in total. The monoisotopic (exact) mass is 326 g/mol. The molecule has 0 aliphatic heterocycles. The Kier molecular flexibility index (Phi) is 12.8. The van der Waals surface area contributed by atoms with Gasteiger partial charge in [0.05, 0.1) is 26.4 Å². The van der Waals surface area contributed by atoms with Crippen LogP contribution >= 0.6 is 42.8 Å². The van der Waals surface area contributed by atoms with Crippen molar-refractivity contribution in [3.05, 3.63) is 0 Å². The lowest BCUT2D eigenvalue weighted by Crippen LogP contribution is -2.06. The van der Waals surface area contributed by atoms with E-state index in [1.807, 2.05) is 0 Å². The SMILES string of the molecule is O=P(OCCCl)(OCCCl)OCCSCCO. The van der Waals surface area contributed by atoms with Crippen LogP contribution in [0.2, 0.25) is 0 Å². The second-order valence-corrected chi connectivity index (χ2v) is 6.31. The largest absolute Gasteiger partial charge is 0.474 e. The average Bonchev–Trinajstić information content (AvgIpc) is 2.34. The van der Waals surface area contributed by atoms with Crippen molar-refractivity contribution in [2.75, 3.05) is 49.7 Å². The molecule has 0 unspecified atom stereocenters. The van der Waals surface area contributed by atoms with Crippen LogP contribution in [-0.4, -0.2) is 54.8 Å². The van der Waals surface area contributed by atoms with E-state index in [-0.39, 0.29) is 38.2 Å². The summed E-state index contributed by atoms with van der Waals surface area (Å²) in [6.07, 6.45) is 0. The van der Waals surface area contributed by atoms with Crippen molar-refractivity contribution in [3.8, 4) is 0 Å². The second kappa shape index (κ2) is 12.1. The minimum absolute atomic E-state index is 0.0882. The molecule has 0 saturated heterocycles. The van der Waals surface area contributed by atoms with Gasteiger partial charge in [0.2, 0.25) is 0 Å². The fraction of sp³-hybridized carbons (Fsp3) is 1.00. The van der Waals surface area contributed by atoms with E-state index in [0.29, 0.717) is 11.5 Å². The Balaban J connectivity index is 3.87. The van der Waals surface area contributed by atoms with E-state index in [1.54, 1.807) is 0 Å². The van der Waals surface area contributed by atoms with Crippen LogP contribution in [-0.2, 0) is 18.1 Å². The molecule has 0 saturated carbocycles. The van der Waals surface area contributed by atoms with Crippen LogP contribution in [0.4, 0.5) is 0 Å². The van der Waals surface area contributed by atoms with Crippen LogP contribution in [0.5, 0.6) is 0 Å². The predicted molar refractivity (Wildman–Crippen MR) is 71.3 cm³/mol. The summed E-state index contributed by atoms with van der Waals surface area (Å²) in [5, 5.41) is 8.56. The first-order chi connectivity index (χ1) is 8.18. The Morgan fingerprint density at radius 1 is 1.00 bits per heavy atom. The van der Waals surface area contributed by atoms with Crippen molar-refractivity contribution in [1.29, 1.82) is 0 Å². The number of rotatable bonds is 12. The minimum Gasteiger partial charge on any atom is -0.396 e. The van der Waals surface area contributed by atoms with Gasteiger partial charge in [-0.05, 0) is 0 Å². The van der Waals surface area contributed by atoms with Gasteiger partial charge in [-0.1, -0.05) is 0 Å². The summed E-state index contributed by atoms with van der Waals surface area (Å²) in [4.78, 5) is 0. The molecule has 0 rings (SSSR count). The molecule has 0 atom stereocenters. The summed E-state index contributed by atoms with van der Waals surface area (Å²) in [6, 6.07) is 0. The lowest BCUT2D eigenvalue weighted by molar-refractivity contribution is 0.128. The third kappa shape index (κ3) is 10.6. The summed E-state index contributed by atoms with van der Waals surface area (Å²) in [5.41, 5.74) is 0. The van der Waals surface area contributed by atoms with E-state index in [2.05, 4.69) is 0 Å². The highest BCUT2D eigenvalue weighted by Gasteiger charge is 2.25. The highest BCUT2D eigenvalue weighted by molar-refractivity contribution is 7.99. The third-order valence-electron chi connectivity index (χ3n) is 1.37. The maximum absolute atomic E-state index is 11.9. The molecule has 0 heterocycles. The molecule has 0 spiro atoms. The van der Waals surface area contributed by atoms with Gasteiger partial charge in [-0.3, -0.25) is 13.6 Å². The first kappa shape index (κ1) is 18.0. The van der Waals surface area contributed by atoms with E-state index in [4.69, 9.17) is 41.9 Å². The van der Waals surface area contributed by atoms with E-state index in [0.717, 1.165) is 0 Å². The van der Waals surface area contributed by atoms with Gasteiger partial charge < -0.3 is 5.11 Å². The zero-order chi connectivity index (χ0) is 13.0. The van der Waals surface area contributed by atoms with Crippen LogP contribution in [0.25, 0.3) is 0 Å². The van der Waals surface area contributed by atoms with Gasteiger partial charge in [-0.15, -0.1) is 23.2 Å². The summed E-state index contributed by atoms with van der Waals surface area (Å²) in [7, 11) is -3.55. The first-order valence-electron chi connectivity index (χ1n) is 5.02. The highest BCUT2D eigenvalue weighted by atomic mass is 35.5. The zero-order valence-corrected chi connectivity index (χ0v) is 12.6. The lowest BCUT2D eigenvalue weighted by atomic mass is 10.9. The number of phosphoric acid groups is 1. The topological polar surface area (TPSA) is 65.0 Å². The Labute approximate surface area is 116 Å². The van der Waals surface area contributed by atoms with Crippen molar-refractivity contribution in [1.82, 2.24) is 0 Å².